The van der Waals surface area contributed by atoms with E-state index in [0.717, 1.165) is 18.5 Å². The van der Waals surface area contributed by atoms with Gasteiger partial charge in [0, 0.05) is 11.1 Å². The molecule has 26 heavy (non-hydrogen) atoms. The molecule has 128 valence electrons. The van der Waals surface area contributed by atoms with E-state index in [0.29, 0.717) is 11.1 Å². The van der Waals surface area contributed by atoms with Crippen LogP contribution in [-0.4, -0.2) is 17.1 Å². The summed E-state index contributed by atoms with van der Waals surface area (Å²) in [4.78, 5) is 19.8. The van der Waals surface area contributed by atoms with Crippen LogP contribution >= 0.6 is 0 Å². The summed E-state index contributed by atoms with van der Waals surface area (Å²) in [6, 6.07) is 9.80. The van der Waals surface area contributed by atoms with Crippen molar-refractivity contribution in [3.05, 3.63) is 76.2 Å². The molecule has 3 aromatic rings. The van der Waals surface area contributed by atoms with Crippen molar-refractivity contribution in [1.29, 1.82) is 5.26 Å². The van der Waals surface area contributed by atoms with Gasteiger partial charge in [-0.15, -0.1) is 0 Å². The van der Waals surface area contributed by atoms with Crippen LogP contribution in [0.15, 0.2) is 53.6 Å². The van der Waals surface area contributed by atoms with Crippen LogP contribution in [0.3, 0.4) is 0 Å². The minimum Gasteiger partial charge on any atom is -0.494 e. The zero-order valence-corrected chi connectivity index (χ0v) is 13.5. The fourth-order valence-electron chi connectivity index (χ4n) is 2.40. The zero-order chi connectivity index (χ0) is 18.7. The fourth-order valence-corrected chi connectivity index (χ4v) is 2.40. The molecule has 0 amide bonds. The first-order valence-electron chi connectivity index (χ1n) is 7.44. The maximum absolute atomic E-state index is 14.1. The van der Waals surface area contributed by atoms with Gasteiger partial charge in [-0.05, 0) is 30.3 Å². The lowest BCUT2D eigenvalue weighted by atomic mass is 10.0. The minimum absolute atomic E-state index is 0.0532. The summed E-state index contributed by atoms with van der Waals surface area (Å²) < 4.78 is 33.0. The highest BCUT2D eigenvalue weighted by molar-refractivity contribution is 5.78. The van der Waals surface area contributed by atoms with Crippen LogP contribution in [0.5, 0.6) is 5.75 Å². The van der Waals surface area contributed by atoms with Gasteiger partial charge < -0.3 is 4.74 Å². The predicted octanol–water partition coefficient (Wildman–Crippen LogP) is 3.33. The van der Waals surface area contributed by atoms with Crippen molar-refractivity contribution in [2.24, 2.45) is 0 Å². The van der Waals surface area contributed by atoms with Crippen molar-refractivity contribution in [1.82, 2.24) is 9.97 Å². The first-order valence-corrected chi connectivity index (χ1v) is 7.44. The molecule has 0 fully saturated rings. The van der Waals surface area contributed by atoms with Crippen molar-refractivity contribution in [2.75, 3.05) is 7.11 Å². The number of ether oxygens (including phenoxy) is 1. The molecule has 0 unspecified atom stereocenters. The summed E-state index contributed by atoms with van der Waals surface area (Å²) >= 11 is 0. The number of nitriles is 1. The largest absolute Gasteiger partial charge is 0.494 e. The molecule has 0 N–H and O–H groups in total. The Morgan fingerprint density at radius 1 is 0.962 bits per heavy atom. The zero-order valence-electron chi connectivity index (χ0n) is 13.5. The lowest BCUT2D eigenvalue weighted by Gasteiger charge is -2.08. The highest BCUT2D eigenvalue weighted by atomic mass is 19.1. The van der Waals surface area contributed by atoms with E-state index < -0.39 is 17.1 Å². The average molecular weight is 351 g/mol. The monoisotopic (exact) mass is 351 g/mol. The molecule has 0 atom stereocenters. The molecule has 1 aromatic heterocycles. The molecule has 0 saturated heterocycles. The van der Waals surface area contributed by atoms with E-state index in [2.05, 4.69) is 9.97 Å². The maximum Gasteiger partial charge on any atom is 0.215 e. The lowest BCUT2D eigenvalue weighted by molar-refractivity contribution is 0.386. The van der Waals surface area contributed by atoms with E-state index in [-0.39, 0.29) is 22.7 Å². The van der Waals surface area contributed by atoms with E-state index in [1.54, 1.807) is 12.1 Å². The van der Waals surface area contributed by atoms with Crippen LogP contribution in [0.2, 0.25) is 0 Å². The topological polar surface area (TPSA) is 75.9 Å². The van der Waals surface area contributed by atoms with Gasteiger partial charge in [0.15, 0.2) is 11.6 Å². The minimum atomic E-state index is -0.729. The molecule has 0 spiro atoms. The van der Waals surface area contributed by atoms with Crippen molar-refractivity contribution in [3.8, 4) is 34.3 Å². The van der Waals surface area contributed by atoms with Crippen molar-refractivity contribution >= 4 is 0 Å². The number of hydrogen-bond donors (Lipinski definition) is 0. The molecular formula is C19H11F2N3O2. The molecule has 1 heterocycles. The first-order chi connectivity index (χ1) is 12.5. The molecular weight excluding hydrogens is 340 g/mol. The van der Waals surface area contributed by atoms with Gasteiger partial charge in [0.2, 0.25) is 5.43 Å². The van der Waals surface area contributed by atoms with E-state index in [9.17, 15) is 13.6 Å². The van der Waals surface area contributed by atoms with Crippen LogP contribution in [0.25, 0.3) is 22.5 Å². The molecule has 7 heteroatoms. The summed E-state index contributed by atoms with van der Waals surface area (Å²) in [7, 11) is 1.34. The fraction of sp³-hybridized carbons (Fsp3) is 0.0526. The van der Waals surface area contributed by atoms with Crippen molar-refractivity contribution in [2.45, 2.75) is 0 Å². The molecule has 0 aliphatic carbocycles. The molecule has 0 aliphatic rings. The second kappa shape index (κ2) is 7.07. The number of rotatable bonds is 3. The Morgan fingerprint density at radius 3 is 2.04 bits per heavy atom. The van der Waals surface area contributed by atoms with Crippen LogP contribution in [0.4, 0.5) is 8.78 Å². The molecule has 0 aliphatic heterocycles. The smallest absolute Gasteiger partial charge is 0.215 e. The highest BCUT2D eigenvalue weighted by Gasteiger charge is 2.14. The third-order valence-electron chi connectivity index (χ3n) is 3.65. The summed E-state index contributed by atoms with van der Waals surface area (Å²) in [5.74, 6) is -1.29. The maximum atomic E-state index is 14.1. The number of hydrogen-bond acceptors (Lipinski definition) is 5. The third-order valence-corrected chi connectivity index (χ3v) is 3.65. The predicted molar refractivity (Wildman–Crippen MR) is 90.4 cm³/mol. The summed E-state index contributed by atoms with van der Waals surface area (Å²) in [6.07, 6.45) is 2.09. The Morgan fingerprint density at radius 2 is 1.54 bits per heavy atom. The van der Waals surface area contributed by atoms with Crippen LogP contribution in [-0.2, 0) is 0 Å². The summed E-state index contributed by atoms with van der Waals surface area (Å²) in [5, 5.41) is 8.86. The Balaban J connectivity index is 2.25. The van der Waals surface area contributed by atoms with E-state index in [1.165, 1.54) is 31.4 Å². The normalized spacial score (nSPS) is 10.2. The van der Waals surface area contributed by atoms with Gasteiger partial charge in [-0.25, -0.2) is 18.7 Å². The summed E-state index contributed by atoms with van der Waals surface area (Å²) in [5.41, 5.74) is 0.434. The van der Waals surface area contributed by atoms with Crippen molar-refractivity contribution in [3.63, 3.8) is 0 Å². The van der Waals surface area contributed by atoms with Gasteiger partial charge in [-0.2, -0.15) is 5.26 Å². The first kappa shape index (κ1) is 17.2. The molecule has 0 radical (unpaired) electrons. The van der Waals surface area contributed by atoms with Crippen molar-refractivity contribution < 1.29 is 13.5 Å². The van der Waals surface area contributed by atoms with E-state index >= 15 is 0 Å². The number of benzene rings is 2. The standard InChI is InChI=1S/C19H11F2N3O2/c1-26-17-5-4-12(7-16(17)21)19-18(23-9-14(25)10-24-19)11-2-3-13(8-22)15(20)6-11/h2-7,9-10H,1H3. The Labute approximate surface area is 147 Å². The molecule has 5 nitrogen and oxygen atoms in total. The number of methoxy groups -OCH3 is 1. The quantitative estimate of drug-likeness (QED) is 0.723. The molecule has 3 rings (SSSR count). The van der Waals surface area contributed by atoms with Crippen LogP contribution < -0.4 is 10.2 Å². The van der Waals surface area contributed by atoms with Gasteiger partial charge >= 0.3 is 0 Å². The summed E-state index contributed by atoms with van der Waals surface area (Å²) in [6.45, 7) is 0. The van der Waals surface area contributed by atoms with Gasteiger partial charge in [0.1, 0.15) is 11.9 Å². The van der Waals surface area contributed by atoms with Gasteiger partial charge in [-0.3, -0.25) is 4.79 Å². The number of aromatic nitrogens is 2. The van der Waals surface area contributed by atoms with Crippen LogP contribution in [0.1, 0.15) is 5.56 Å². The Bertz CT molecular complexity index is 1090. The van der Waals surface area contributed by atoms with E-state index in [4.69, 9.17) is 10.00 Å². The molecule has 0 bridgehead atoms. The second-order valence-electron chi connectivity index (χ2n) is 5.27. The second-order valence-corrected chi connectivity index (χ2v) is 5.27. The van der Waals surface area contributed by atoms with Gasteiger partial charge in [0.25, 0.3) is 0 Å². The average Bonchev–Trinajstić information content (AvgIpc) is 2.83. The van der Waals surface area contributed by atoms with Gasteiger partial charge in [-0.1, -0.05) is 6.07 Å². The third kappa shape index (κ3) is 3.26. The van der Waals surface area contributed by atoms with E-state index in [1.807, 2.05) is 0 Å². The molecule has 2 aromatic carbocycles. The number of halogens is 2. The lowest BCUT2D eigenvalue weighted by Crippen LogP contribution is -1.93. The van der Waals surface area contributed by atoms with Crippen LogP contribution in [0, 0.1) is 23.0 Å². The highest BCUT2D eigenvalue weighted by Crippen LogP contribution is 2.31. The Hall–Kier alpha value is -3.66. The van der Waals surface area contributed by atoms with Gasteiger partial charge in [0.05, 0.1) is 36.5 Å². The SMILES string of the molecule is COc1ccc(-c2ncc(=O)cnc2-c2ccc(C#N)c(F)c2)cc1F. The molecule has 0 saturated carbocycles. The number of nitrogens with zero attached hydrogens (tertiary/aromatic N) is 3. The Kier molecular flexibility index (Phi) is 4.67.